The van der Waals surface area contributed by atoms with Crippen molar-refractivity contribution in [2.45, 2.75) is 201 Å². The van der Waals surface area contributed by atoms with Crippen molar-refractivity contribution in [3.63, 3.8) is 0 Å². The molecule has 59 heavy (non-hydrogen) atoms. The van der Waals surface area contributed by atoms with Crippen LogP contribution in [-0.2, 0) is 43.0 Å². The van der Waals surface area contributed by atoms with Gasteiger partial charge in [-0.3, -0.25) is 33.7 Å². The lowest BCUT2D eigenvalue weighted by atomic mass is 9.97. The molecule has 0 aliphatic carbocycles. The third-order valence-corrected chi connectivity index (χ3v) is 10.5. The molecule has 0 unspecified atom stereocenters. The number of ether oxygens (including phenoxy) is 3. The van der Waals surface area contributed by atoms with E-state index in [0.717, 1.165) is 11.3 Å². The fourth-order valence-electron chi connectivity index (χ4n) is 6.17. The maximum Gasteiger partial charge on any atom is 0.253 e. The Kier molecular flexibility index (Phi) is 21.5. The molecule has 0 aromatic rings. The summed E-state index contributed by atoms with van der Waals surface area (Å²) in [6.07, 6.45) is 7.76. The summed E-state index contributed by atoms with van der Waals surface area (Å²) >= 11 is 0. The van der Waals surface area contributed by atoms with Gasteiger partial charge in [0.05, 0.1) is 16.8 Å². The van der Waals surface area contributed by atoms with Crippen LogP contribution in [0.1, 0.15) is 168 Å². The molecule has 0 spiro atoms. The molecule has 0 aromatic carbocycles. The Morgan fingerprint density at radius 1 is 0.525 bits per heavy atom. The molecule has 1 aliphatic rings. The van der Waals surface area contributed by atoms with E-state index in [9.17, 15) is 28.8 Å². The molecule has 6 amide bonds. The van der Waals surface area contributed by atoms with Crippen LogP contribution in [0.15, 0.2) is 12.2 Å². The van der Waals surface area contributed by atoms with Crippen molar-refractivity contribution >= 4 is 35.4 Å². The molecule has 0 atom stereocenters. The van der Waals surface area contributed by atoms with Gasteiger partial charge in [-0.25, -0.2) is 0 Å². The van der Waals surface area contributed by atoms with Gasteiger partial charge in [-0.05, 0) is 134 Å². The zero-order chi connectivity index (χ0) is 45.3. The van der Waals surface area contributed by atoms with Crippen LogP contribution in [0, 0.1) is 5.92 Å². The van der Waals surface area contributed by atoms with Gasteiger partial charge in [0, 0.05) is 87.4 Å². The Labute approximate surface area is 355 Å². The Hall–Kier alpha value is -3.36. The average Bonchev–Trinajstić information content (AvgIpc) is 3.39. The molecule has 14 nitrogen and oxygen atoms in total. The van der Waals surface area contributed by atoms with Gasteiger partial charge in [-0.2, -0.15) is 0 Å². The minimum Gasteiger partial charge on any atom is -0.375 e. The van der Waals surface area contributed by atoms with E-state index >= 15 is 0 Å². The number of hydrogen-bond donors (Lipinski definition) is 4. The highest BCUT2D eigenvalue weighted by molar-refractivity contribution is 6.13. The SMILES string of the molecule is CC(C)CCNC(=O)CCC(C)(C)OCCC(C)(C)NC(=O)CCC(C)(C)OCCC(C)(C)NC(=O)CCC(C)(C)OCCC(C)(C)NC(=O)CCN1C(=O)C=CC1=O. The number of carbonyl (C=O) groups is 6. The molecule has 0 bridgehead atoms. The summed E-state index contributed by atoms with van der Waals surface area (Å²) in [5.41, 5.74) is -3.11. The summed E-state index contributed by atoms with van der Waals surface area (Å²) in [5, 5.41) is 12.2. The molecule has 4 N–H and O–H groups in total. The smallest absolute Gasteiger partial charge is 0.253 e. The number of imide groups is 1. The molecule has 1 rings (SSSR count). The van der Waals surface area contributed by atoms with E-state index in [1.54, 1.807) is 0 Å². The summed E-state index contributed by atoms with van der Waals surface area (Å²) in [7, 11) is 0. The van der Waals surface area contributed by atoms with Gasteiger partial charge in [-0.15, -0.1) is 0 Å². The normalized spacial score (nSPS) is 14.3. The van der Waals surface area contributed by atoms with E-state index in [-0.39, 0.29) is 43.0 Å². The number of rotatable bonds is 30. The molecule has 0 aromatic heterocycles. The number of nitrogens with zero attached hydrogens (tertiary/aromatic N) is 1. The predicted molar refractivity (Wildman–Crippen MR) is 231 cm³/mol. The third-order valence-electron chi connectivity index (χ3n) is 10.5. The predicted octanol–water partition coefficient (Wildman–Crippen LogP) is 6.04. The minimum atomic E-state index is -0.574. The first-order chi connectivity index (χ1) is 26.9. The number of nitrogens with one attached hydrogen (secondary N) is 4. The highest BCUT2D eigenvalue weighted by Crippen LogP contribution is 2.23. The zero-order valence-corrected chi connectivity index (χ0v) is 39.2. The van der Waals surface area contributed by atoms with Crippen molar-refractivity contribution < 1.29 is 43.0 Å². The van der Waals surface area contributed by atoms with E-state index < -0.39 is 45.2 Å². The van der Waals surface area contributed by atoms with E-state index in [0.29, 0.717) is 83.6 Å². The fourth-order valence-corrected chi connectivity index (χ4v) is 6.17. The Morgan fingerprint density at radius 3 is 1.19 bits per heavy atom. The van der Waals surface area contributed by atoms with Gasteiger partial charge in [0.2, 0.25) is 23.6 Å². The first kappa shape index (κ1) is 53.7. The Bertz CT molecular complexity index is 1410. The fraction of sp³-hybridized carbons (Fsp3) is 0.822. The van der Waals surface area contributed by atoms with Crippen molar-refractivity contribution in [3.8, 4) is 0 Å². The highest BCUT2D eigenvalue weighted by atomic mass is 16.5. The first-order valence-corrected chi connectivity index (χ1v) is 21.6. The van der Waals surface area contributed by atoms with Gasteiger partial charge in [0.25, 0.3) is 11.8 Å². The van der Waals surface area contributed by atoms with Crippen LogP contribution in [0.2, 0.25) is 0 Å². The third kappa shape index (κ3) is 25.1. The molecular formula is C45H81N5O9. The highest BCUT2D eigenvalue weighted by Gasteiger charge is 2.30. The molecule has 0 fully saturated rings. The summed E-state index contributed by atoms with van der Waals surface area (Å²) in [6, 6.07) is 0. The average molecular weight is 836 g/mol. The molecule has 14 heteroatoms. The van der Waals surface area contributed by atoms with Crippen molar-refractivity contribution in [1.82, 2.24) is 26.2 Å². The lowest BCUT2D eigenvalue weighted by Gasteiger charge is -2.32. The molecule has 1 heterocycles. The molecule has 1 aliphatic heterocycles. The summed E-state index contributed by atoms with van der Waals surface area (Å²) in [6.45, 7) is 29.7. The van der Waals surface area contributed by atoms with E-state index in [1.807, 2.05) is 83.1 Å². The number of amides is 6. The van der Waals surface area contributed by atoms with Gasteiger partial charge >= 0.3 is 0 Å². The molecule has 0 radical (unpaired) electrons. The zero-order valence-electron chi connectivity index (χ0n) is 39.2. The number of hydrogen-bond acceptors (Lipinski definition) is 9. The van der Waals surface area contributed by atoms with E-state index in [4.69, 9.17) is 14.2 Å². The van der Waals surface area contributed by atoms with Gasteiger partial charge in [-0.1, -0.05) is 13.8 Å². The van der Waals surface area contributed by atoms with Gasteiger partial charge < -0.3 is 35.5 Å². The molecule has 0 saturated heterocycles. The van der Waals surface area contributed by atoms with Crippen LogP contribution in [0.4, 0.5) is 0 Å². The van der Waals surface area contributed by atoms with Crippen molar-refractivity contribution in [2.75, 3.05) is 32.9 Å². The van der Waals surface area contributed by atoms with Crippen molar-refractivity contribution in [2.24, 2.45) is 5.92 Å². The molecule has 0 saturated carbocycles. The van der Waals surface area contributed by atoms with Crippen LogP contribution in [0.5, 0.6) is 0 Å². The van der Waals surface area contributed by atoms with Crippen molar-refractivity contribution in [3.05, 3.63) is 12.2 Å². The minimum absolute atomic E-state index is 0.0171. The maximum atomic E-state index is 13.0. The Balaban J connectivity index is 2.35. The first-order valence-electron chi connectivity index (χ1n) is 21.6. The van der Waals surface area contributed by atoms with E-state index in [2.05, 4.69) is 35.1 Å². The van der Waals surface area contributed by atoms with Crippen LogP contribution in [0.25, 0.3) is 0 Å². The monoisotopic (exact) mass is 836 g/mol. The quantitative estimate of drug-likeness (QED) is 0.0627. The largest absolute Gasteiger partial charge is 0.375 e. The summed E-state index contributed by atoms with van der Waals surface area (Å²) < 4.78 is 18.4. The Morgan fingerprint density at radius 2 is 0.847 bits per heavy atom. The second-order valence-electron chi connectivity index (χ2n) is 20.3. The van der Waals surface area contributed by atoms with Gasteiger partial charge in [0.1, 0.15) is 0 Å². The lowest BCUT2D eigenvalue weighted by molar-refractivity contribution is -0.137. The topological polar surface area (TPSA) is 181 Å². The van der Waals surface area contributed by atoms with Crippen molar-refractivity contribution in [1.29, 1.82) is 0 Å². The summed E-state index contributed by atoms with van der Waals surface area (Å²) in [5.74, 6) is -0.631. The standard InChI is InChI=1S/C45H81N5O9/c1-33(2)20-28-46-34(51)17-22-43(9,10)57-30-25-40(3,4)47-35(52)18-23-44(11,12)58-31-26-41(5,6)48-36(53)19-24-45(13,14)59-32-27-42(7,8)49-37(54)21-29-50-38(55)15-16-39(50)56/h15-16,33H,17-32H2,1-14H3,(H,46,51)(H,47,52)(H,48,53)(H,49,54). The van der Waals surface area contributed by atoms with Gasteiger partial charge in [0.15, 0.2) is 0 Å². The van der Waals surface area contributed by atoms with E-state index in [1.165, 1.54) is 12.2 Å². The van der Waals surface area contributed by atoms with Crippen LogP contribution >= 0.6 is 0 Å². The summed E-state index contributed by atoms with van der Waals surface area (Å²) in [4.78, 5) is 75.1. The second-order valence-corrected chi connectivity index (χ2v) is 20.3. The number of carbonyl (C=O) groups excluding carboxylic acids is 6. The molecular weight excluding hydrogens is 755 g/mol. The maximum absolute atomic E-state index is 13.0. The lowest BCUT2D eigenvalue weighted by Crippen LogP contribution is -2.46. The van der Waals surface area contributed by atoms with Crippen LogP contribution in [-0.4, -0.2) is 107 Å². The van der Waals surface area contributed by atoms with Crippen LogP contribution in [0.3, 0.4) is 0 Å². The van der Waals surface area contributed by atoms with Crippen LogP contribution < -0.4 is 21.3 Å². The second kappa shape index (κ2) is 23.6. The molecule has 340 valence electrons.